The quantitative estimate of drug-likeness (QED) is 0.453. The van der Waals surface area contributed by atoms with E-state index in [0.29, 0.717) is 45.8 Å². The van der Waals surface area contributed by atoms with Gasteiger partial charge in [0.15, 0.2) is 11.2 Å². The van der Waals surface area contributed by atoms with Crippen LogP contribution in [0.3, 0.4) is 0 Å². The van der Waals surface area contributed by atoms with E-state index in [9.17, 15) is 4.79 Å². The van der Waals surface area contributed by atoms with Crippen LogP contribution in [0.1, 0.15) is 37.9 Å². The maximum Gasteiger partial charge on any atom is 0.349 e. The maximum atomic E-state index is 13.5. The minimum Gasteiger partial charge on any atom is -0.450 e. The molecule has 34 heavy (non-hydrogen) atoms. The van der Waals surface area contributed by atoms with Crippen molar-refractivity contribution in [2.45, 2.75) is 38.3 Å². The molecule has 5 rings (SSSR count). The molecule has 2 atom stereocenters. The molecule has 1 saturated heterocycles. The second-order valence-electron chi connectivity index (χ2n) is 8.45. The molecule has 5 heterocycles. The zero-order chi connectivity index (χ0) is 23.8. The highest BCUT2D eigenvalue weighted by Crippen LogP contribution is 2.37. The van der Waals surface area contributed by atoms with Crippen LogP contribution in [0.2, 0.25) is 0 Å². The lowest BCUT2D eigenvalue weighted by Gasteiger charge is -2.30. The van der Waals surface area contributed by atoms with E-state index in [1.165, 1.54) is 6.20 Å². The van der Waals surface area contributed by atoms with E-state index in [-0.39, 0.29) is 17.8 Å². The van der Waals surface area contributed by atoms with Gasteiger partial charge in [0.25, 0.3) is 0 Å². The van der Waals surface area contributed by atoms with Crippen molar-refractivity contribution in [1.82, 2.24) is 24.3 Å². The highest BCUT2D eigenvalue weighted by molar-refractivity contribution is 6.12. The van der Waals surface area contributed by atoms with Gasteiger partial charge in [-0.3, -0.25) is 19.2 Å². The van der Waals surface area contributed by atoms with Crippen LogP contribution in [0.5, 0.6) is 0 Å². The van der Waals surface area contributed by atoms with Gasteiger partial charge in [-0.25, -0.2) is 4.79 Å². The first-order chi connectivity index (χ1) is 16.5. The second-order valence-corrected chi connectivity index (χ2v) is 8.45. The number of aliphatic imine (C=N–C) groups is 1. The van der Waals surface area contributed by atoms with E-state index < -0.39 is 0 Å². The van der Waals surface area contributed by atoms with Crippen LogP contribution in [0.25, 0.3) is 38.9 Å². The Morgan fingerprint density at radius 3 is 2.94 bits per heavy atom. The summed E-state index contributed by atoms with van der Waals surface area (Å²) in [5.74, 6) is 0. The summed E-state index contributed by atoms with van der Waals surface area (Å²) < 4.78 is 15.6. The Morgan fingerprint density at radius 1 is 1.38 bits per heavy atom. The van der Waals surface area contributed by atoms with Crippen molar-refractivity contribution in [3.8, 4) is 11.3 Å². The number of rotatable bonds is 5. The van der Waals surface area contributed by atoms with Gasteiger partial charge in [-0.1, -0.05) is 6.92 Å². The van der Waals surface area contributed by atoms with Gasteiger partial charge in [0.1, 0.15) is 11.2 Å². The fourth-order valence-electron chi connectivity index (χ4n) is 4.63. The number of hydrogen-bond acceptors (Lipinski definition) is 8. The van der Waals surface area contributed by atoms with Gasteiger partial charge in [-0.2, -0.15) is 10.1 Å². The number of nitrogens with zero attached hydrogens (tertiary/aromatic N) is 6. The highest BCUT2D eigenvalue weighted by Gasteiger charge is 2.29. The molecule has 1 aliphatic rings. The Morgan fingerprint density at radius 2 is 2.24 bits per heavy atom. The third-order valence-corrected chi connectivity index (χ3v) is 6.30. The zero-order valence-corrected chi connectivity index (χ0v) is 19.4. The first-order valence-corrected chi connectivity index (χ1v) is 11.3. The van der Waals surface area contributed by atoms with Crippen molar-refractivity contribution in [2.75, 3.05) is 13.7 Å². The number of allylic oxidation sites excluding steroid dienone is 1. The van der Waals surface area contributed by atoms with Gasteiger partial charge in [-0.15, -0.1) is 0 Å². The van der Waals surface area contributed by atoms with Crippen molar-refractivity contribution in [3.05, 3.63) is 47.0 Å². The Bertz CT molecular complexity index is 1480. The Labute approximate surface area is 195 Å². The van der Waals surface area contributed by atoms with Gasteiger partial charge in [0.05, 0.1) is 24.2 Å². The lowest BCUT2D eigenvalue weighted by molar-refractivity contribution is -0.00709. The van der Waals surface area contributed by atoms with E-state index in [1.807, 2.05) is 19.3 Å². The Balaban J connectivity index is 1.82. The molecule has 1 aliphatic heterocycles. The zero-order valence-electron chi connectivity index (χ0n) is 19.4. The molecule has 4 aromatic heterocycles. The molecule has 2 unspecified atom stereocenters. The van der Waals surface area contributed by atoms with E-state index >= 15 is 0 Å². The molecule has 0 spiro atoms. The van der Waals surface area contributed by atoms with Crippen LogP contribution >= 0.6 is 0 Å². The number of aryl methyl sites for hydroxylation is 1. The predicted octanol–water partition coefficient (Wildman–Crippen LogP) is 3.07. The standard InChI is InChI=1S/C24H27N7O3/c1-4-17-7-16(5-6-33-17)31-22-18-8-19(14(9-25)10-26-2)27-12-20(18)34-23(22)21(29-24(31)32)15-11-28-30(3)13-15/h8-13,16-17H,4-7,25H2,1-3H3/b14-9+,26-10?. The molecule has 0 aliphatic carbocycles. The number of ether oxygens (including phenoxy) is 1. The van der Waals surface area contributed by atoms with Crippen LogP contribution in [-0.4, -0.2) is 50.3 Å². The molecular formula is C24H27N7O3. The molecule has 10 heteroatoms. The Hall–Kier alpha value is -3.79. The van der Waals surface area contributed by atoms with E-state index in [1.54, 1.807) is 34.9 Å². The number of hydrogen-bond donors (Lipinski definition) is 1. The molecule has 0 bridgehead atoms. The average molecular weight is 462 g/mol. The van der Waals surface area contributed by atoms with E-state index in [4.69, 9.17) is 14.9 Å². The van der Waals surface area contributed by atoms with Crippen molar-refractivity contribution >= 4 is 33.9 Å². The number of aromatic nitrogens is 5. The SMILES string of the molecule is CCC1CC(n2c(=O)nc(-c3cnn(C)c3)c3oc4cnc(/C(C=NC)=C/N)cc4c32)CCO1. The first kappa shape index (κ1) is 22.0. The number of furan rings is 1. The van der Waals surface area contributed by atoms with Gasteiger partial charge in [0, 0.05) is 61.9 Å². The molecule has 0 aromatic carbocycles. The van der Waals surface area contributed by atoms with E-state index in [2.05, 4.69) is 27.0 Å². The molecule has 1 fully saturated rings. The fourth-order valence-corrected chi connectivity index (χ4v) is 4.63. The summed E-state index contributed by atoms with van der Waals surface area (Å²) in [6.45, 7) is 2.69. The molecule has 0 amide bonds. The van der Waals surface area contributed by atoms with Crippen LogP contribution < -0.4 is 11.4 Å². The molecule has 0 radical (unpaired) electrons. The van der Waals surface area contributed by atoms with Crippen molar-refractivity contribution in [3.63, 3.8) is 0 Å². The summed E-state index contributed by atoms with van der Waals surface area (Å²) in [4.78, 5) is 26.6. The van der Waals surface area contributed by atoms with Gasteiger partial charge in [0.2, 0.25) is 0 Å². The summed E-state index contributed by atoms with van der Waals surface area (Å²) in [6.07, 6.45) is 10.7. The summed E-state index contributed by atoms with van der Waals surface area (Å²) in [5, 5.41) is 5.02. The number of nitrogens with two attached hydrogens (primary N) is 1. The lowest BCUT2D eigenvalue weighted by Crippen LogP contribution is -2.34. The summed E-state index contributed by atoms with van der Waals surface area (Å²) in [7, 11) is 3.49. The normalized spacial score (nSPS) is 19.6. The third kappa shape index (κ3) is 3.69. The smallest absolute Gasteiger partial charge is 0.349 e. The van der Waals surface area contributed by atoms with Crippen LogP contribution in [-0.2, 0) is 11.8 Å². The largest absolute Gasteiger partial charge is 0.450 e. The Kier molecular flexibility index (Phi) is 5.74. The summed E-state index contributed by atoms with van der Waals surface area (Å²) >= 11 is 0. The average Bonchev–Trinajstić information content (AvgIpc) is 3.45. The molecule has 10 nitrogen and oxygen atoms in total. The highest BCUT2D eigenvalue weighted by atomic mass is 16.5. The minimum absolute atomic E-state index is 0.0525. The van der Waals surface area contributed by atoms with Crippen LogP contribution in [0.4, 0.5) is 0 Å². The topological polar surface area (TPSA) is 126 Å². The predicted molar refractivity (Wildman–Crippen MR) is 131 cm³/mol. The molecule has 4 aromatic rings. The van der Waals surface area contributed by atoms with Crippen molar-refractivity contribution in [2.24, 2.45) is 17.8 Å². The number of pyridine rings is 1. The minimum atomic E-state index is -0.320. The van der Waals surface area contributed by atoms with E-state index in [0.717, 1.165) is 24.6 Å². The molecule has 2 N–H and O–H groups in total. The summed E-state index contributed by atoms with van der Waals surface area (Å²) in [6, 6.07) is 1.84. The van der Waals surface area contributed by atoms with Gasteiger partial charge < -0.3 is 14.9 Å². The molecule has 0 saturated carbocycles. The molecular weight excluding hydrogens is 434 g/mol. The molecule has 176 valence electrons. The third-order valence-electron chi connectivity index (χ3n) is 6.30. The second kappa shape index (κ2) is 8.86. The maximum absolute atomic E-state index is 13.5. The number of fused-ring (bicyclic) bond motifs is 3. The monoisotopic (exact) mass is 461 g/mol. The lowest BCUT2D eigenvalue weighted by atomic mass is 10.0. The van der Waals surface area contributed by atoms with Gasteiger partial charge >= 0.3 is 5.69 Å². The van der Waals surface area contributed by atoms with Crippen LogP contribution in [0.15, 0.2) is 45.1 Å². The van der Waals surface area contributed by atoms with Crippen molar-refractivity contribution < 1.29 is 9.15 Å². The van der Waals surface area contributed by atoms with Gasteiger partial charge in [-0.05, 0) is 25.3 Å². The summed E-state index contributed by atoms with van der Waals surface area (Å²) in [5.41, 5.74) is 9.78. The fraction of sp³-hybridized carbons (Fsp3) is 0.375. The first-order valence-electron chi connectivity index (χ1n) is 11.3. The van der Waals surface area contributed by atoms with Crippen molar-refractivity contribution in [1.29, 1.82) is 0 Å². The van der Waals surface area contributed by atoms with Crippen LogP contribution in [0, 0.1) is 0 Å².